The summed E-state index contributed by atoms with van der Waals surface area (Å²) in [5.41, 5.74) is 2.17. The molecule has 0 atom stereocenters. The third-order valence-electron chi connectivity index (χ3n) is 5.41. The molecular formula is C26H25N5O5S2. The molecule has 4 aromatic rings. The van der Waals surface area contributed by atoms with E-state index in [0.29, 0.717) is 17.1 Å². The molecule has 1 aromatic heterocycles. The van der Waals surface area contributed by atoms with Crippen LogP contribution in [0.3, 0.4) is 0 Å². The van der Waals surface area contributed by atoms with Crippen molar-refractivity contribution in [1.29, 1.82) is 0 Å². The van der Waals surface area contributed by atoms with Crippen LogP contribution in [0.2, 0.25) is 0 Å². The molecule has 196 valence electrons. The van der Waals surface area contributed by atoms with Crippen LogP contribution in [-0.2, 0) is 24.8 Å². The largest absolute Gasteiger partial charge is 0.325 e. The lowest BCUT2D eigenvalue weighted by Crippen LogP contribution is -2.38. The number of nitrogens with zero attached hydrogens (tertiary/aromatic N) is 3. The van der Waals surface area contributed by atoms with Crippen LogP contribution in [0.4, 0.5) is 17.3 Å². The highest BCUT2D eigenvalue weighted by Crippen LogP contribution is 2.24. The van der Waals surface area contributed by atoms with E-state index in [1.165, 1.54) is 42.6 Å². The highest BCUT2D eigenvalue weighted by Gasteiger charge is 2.27. The third kappa shape index (κ3) is 6.33. The second-order valence-electron chi connectivity index (χ2n) is 8.36. The highest BCUT2D eigenvalue weighted by molar-refractivity contribution is 7.93. The molecule has 1 amide bonds. The first-order valence-corrected chi connectivity index (χ1v) is 14.3. The van der Waals surface area contributed by atoms with Crippen molar-refractivity contribution in [1.82, 2.24) is 9.97 Å². The number of benzene rings is 3. The molecule has 0 bridgehead atoms. The third-order valence-corrected chi connectivity index (χ3v) is 8.54. The van der Waals surface area contributed by atoms with Crippen LogP contribution in [-0.4, -0.2) is 39.3 Å². The first kappa shape index (κ1) is 26.8. The normalized spacial score (nSPS) is 11.5. The molecule has 12 heteroatoms. The number of rotatable bonds is 9. The zero-order valence-electron chi connectivity index (χ0n) is 20.6. The molecule has 38 heavy (non-hydrogen) atoms. The molecule has 0 aliphatic heterocycles. The number of carbonyl (C=O) groups is 1. The fraction of sp³-hybridized carbons (Fsp3) is 0.115. The molecule has 0 saturated heterocycles. The van der Waals surface area contributed by atoms with Gasteiger partial charge in [0.1, 0.15) is 6.54 Å². The lowest BCUT2D eigenvalue weighted by Gasteiger charge is -2.24. The predicted molar refractivity (Wildman–Crippen MR) is 145 cm³/mol. The minimum atomic E-state index is -4.04. The smallest absolute Gasteiger partial charge is 0.264 e. The molecule has 3 aromatic carbocycles. The number of hydrogen-bond donors (Lipinski definition) is 2. The zero-order chi connectivity index (χ0) is 27.3. The quantitative estimate of drug-likeness (QED) is 0.323. The van der Waals surface area contributed by atoms with Gasteiger partial charge in [0.2, 0.25) is 11.9 Å². The van der Waals surface area contributed by atoms with Crippen molar-refractivity contribution in [3.63, 3.8) is 0 Å². The minimum absolute atomic E-state index is 0.0491. The maximum atomic E-state index is 13.4. The summed E-state index contributed by atoms with van der Waals surface area (Å²) in [6.45, 7) is 3.09. The van der Waals surface area contributed by atoms with Crippen molar-refractivity contribution >= 4 is 43.3 Å². The first-order chi connectivity index (χ1) is 18.0. The Bertz CT molecular complexity index is 1640. The van der Waals surface area contributed by atoms with Gasteiger partial charge in [-0.1, -0.05) is 35.9 Å². The fourth-order valence-electron chi connectivity index (χ4n) is 3.47. The van der Waals surface area contributed by atoms with Crippen LogP contribution in [0, 0.1) is 13.8 Å². The maximum Gasteiger partial charge on any atom is 0.264 e. The number of amides is 1. The lowest BCUT2D eigenvalue weighted by atomic mass is 10.2. The van der Waals surface area contributed by atoms with Gasteiger partial charge in [-0.3, -0.25) is 9.10 Å². The molecule has 0 aliphatic carbocycles. The van der Waals surface area contributed by atoms with E-state index < -0.39 is 32.5 Å². The number of aromatic nitrogens is 2. The summed E-state index contributed by atoms with van der Waals surface area (Å²) < 4.78 is 55.5. The number of aryl methyl sites for hydroxylation is 2. The summed E-state index contributed by atoms with van der Waals surface area (Å²) in [6, 6.07) is 21.7. The molecule has 1 heterocycles. The molecule has 4 rings (SSSR count). The Morgan fingerprint density at radius 3 is 2.11 bits per heavy atom. The van der Waals surface area contributed by atoms with E-state index in [1.54, 1.807) is 55.5 Å². The Labute approximate surface area is 221 Å². The first-order valence-electron chi connectivity index (χ1n) is 11.4. The predicted octanol–water partition coefficient (Wildman–Crippen LogP) is 3.73. The second-order valence-corrected chi connectivity index (χ2v) is 11.9. The summed E-state index contributed by atoms with van der Waals surface area (Å²) in [4.78, 5) is 20.8. The minimum Gasteiger partial charge on any atom is -0.325 e. The van der Waals surface area contributed by atoms with Crippen molar-refractivity contribution in [2.75, 3.05) is 20.9 Å². The standard InChI is InChI=1S/C26H25N5O5S2/c1-19-8-12-22(13-9-19)31(38(35,36)24-6-4-3-5-7-24)18-25(32)29-21-10-14-23(15-11-21)37(33,34)30-26-27-17-16-20(2)28-26/h3-17H,18H2,1-2H3,(H,29,32)(H,27,28,30). The van der Waals surface area contributed by atoms with Gasteiger partial charge in [0.15, 0.2) is 0 Å². The molecule has 10 nitrogen and oxygen atoms in total. The molecule has 0 unspecified atom stereocenters. The van der Waals surface area contributed by atoms with Crippen LogP contribution >= 0.6 is 0 Å². The summed E-state index contributed by atoms with van der Waals surface area (Å²) in [6.07, 6.45) is 1.44. The van der Waals surface area contributed by atoms with Gasteiger partial charge in [-0.25, -0.2) is 31.5 Å². The summed E-state index contributed by atoms with van der Waals surface area (Å²) in [7, 11) is -8.00. The van der Waals surface area contributed by atoms with E-state index in [2.05, 4.69) is 20.0 Å². The van der Waals surface area contributed by atoms with Crippen molar-refractivity contribution in [2.45, 2.75) is 23.6 Å². The van der Waals surface area contributed by atoms with Gasteiger partial charge in [0.25, 0.3) is 20.0 Å². The molecule has 2 N–H and O–H groups in total. The molecule has 0 radical (unpaired) electrons. The van der Waals surface area contributed by atoms with Crippen molar-refractivity contribution in [3.05, 3.63) is 102 Å². The zero-order valence-corrected chi connectivity index (χ0v) is 22.2. The van der Waals surface area contributed by atoms with E-state index in [0.717, 1.165) is 9.87 Å². The van der Waals surface area contributed by atoms with E-state index in [4.69, 9.17) is 0 Å². The molecule has 0 spiro atoms. The number of hydrogen-bond acceptors (Lipinski definition) is 7. The average Bonchev–Trinajstić information content (AvgIpc) is 2.88. The Morgan fingerprint density at radius 1 is 0.816 bits per heavy atom. The molecule has 0 fully saturated rings. The summed E-state index contributed by atoms with van der Waals surface area (Å²) >= 11 is 0. The highest BCUT2D eigenvalue weighted by atomic mass is 32.2. The van der Waals surface area contributed by atoms with Crippen LogP contribution < -0.4 is 14.3 Å². The van der Waals surface area contributed by atoms with Crippen LogP contribution in [0.25, 0.3) is 0 Å². The number of nitrogens with one attached hydrogen (secondary N) is 2. The lowest BCUT2D eigenvalue weighted by molar-refractivity contribution is -0.114. The van der Waals surface area contributed by atoms with Gasteiger partial charge in [0.05, 0.1) is 15.5 Å². The van der Waals surface area contributed by atoms with E-state index in [1.807, 2.05) is 6.92 Å². The van der Waals surface area contributed by atoms with E-state index in [-0.39, 0.29) is 15.7 Å². The van der Waals surface area contributed by atoms with Crippen LogP contribution in [0.1, 0.15) is 11.3 Å². The van der Waals surface area contributed by atoms with Crippen LogP contribution in [0.5, 0.6) is 0 Å². The van der Waals surface area contributed by atoms with E-state index >= 15 is 0 Å². The van der Waals surface area contributed by atoms with Gasteiger partial charge in [-0.05, 0) is 68.4 Å². The Hall–Kier alpha value is -4.29. The number of carbonyl (C=O) groups excluding carboxylic acids is 1. The summed E-state index contributed by atoms with van der Waals surface area (Å²) in [5.74, 6) is -0.662. The van der Waals surface area contributed by atoms with Gasteiger partial charge in [-0.15, -0.1) is 0 Å². The van der Waals surface area contributed by atoms with Crippen molar-refractivity contribution in [3.8, 4) is 0 Å². The number of sulfonamides is 2. The van der Waals surface area contributed by atoms with E-state index in [9.17, 15) is 21.6 Å². The van der Waals surface area contributed by atoms with Crippen LogP contribution in [0.15, 0.2) is 101 Å². The Morgan fingerprint density at radius 2 is 1.47 bits per heavy atom. The summed E-state index contributed by atoms with van der Waals surface area (Å²) in [5, 5.41) is 2.63. The molecular weight excluding hydrogens is 526 g/mol. The van der Waals surface area contributed by atoms with Gasteiger partial charge in [-0.2, -0.15) is 0 Å². The Kier molecular flexibility index (Phi) is 7.74. The second kappa shape index (κ2) is 11.0. The SMILES string of the molecule is Cc1ccc(N(CC(=O)Nc2ccc(S(=O)(=O)Nc3nccc(C)n3)cc2)S(=O)(=O)c2ccccc2)cc1. The molecule has 0 aliphatic rings. The topological polar surface area (TPSA) is 138 Å². The van der Waals surface area contributed by atoms with Gasteiger partial charge in [0, 0.05) is 17.6 Å². The maximum absolute atomic E-state index is 13.4. The monoisotopic (exact) mass is 551 g/mol. The van der Waals surface area contributed by atoms with Gasteiger partial charge < -0.3 is 5.32 Å². The Balaban J connectivity index is 1.52. The molecule has 0 saturated carbocycles. The number of anilines is 3. The average molecular weight is 552 g/mol. The van der Waals surface area contributed by atoms with Crippen molar-refractivity contribution in [2.24, 2.45) is 0 Å². The van der Waals surface area contributed by atoms with Crippen molar-refractivity contribution < 1.29 is 21.6 Å². The fourth-order valence-corrected chi connectivity index (χ4v) is 5.86. The van der Waals surface area contributed by atoms with Gasteiger partial charge >= 0.3 is 0 Å².